The molecular weight excluding hydrogens is 602 g/mol. The summed E-state index contributed by atoms with van der Waals surface area (Å²) in [6.45, 7) is 1.53. The quantitative estimate of drug-likeness (QED) is 0.230. The molecule has 0 atom stereocenters. The van der Waals surface area contributed by atoms with Gasteiger partial charge in [0.15, 0.2) is 11.5 Å². The fourth-order valence-electron chi connectivity index (χ4n) is 4.51. The molecule has 1 aliphatic heterocycles. The number of carboxylic acids is 2. The van der Waals surface area contributed by atoms with Crippen molar-refractivity contribution in [2.24, 2.45) is 0 Å². The first kappa shape index (κ1) is 33.6. The number of hydrogen-bond acceptors (Lipinski definition) is 12. The number of rotatable bonds is 9. The third-order valence-corrected chi connectivity index (χ3v) is 6.73. The van der Waals surface area contributed by atoms with Crippen molar-refractivity contribution >= 4 is 28.7 Å². The van der Waals surface area contributed by atoms with Gasteiger partial charge in [-0.25, -0.2) is 4.79 Å². The molecule has 1 aromatic heterocycles. The Morgan fingerprint density at radius 2 is 1.63 bits per heavy atom. The molecule has 0 fully saturated rings. The first-order valence-corrected chi connectivity index (χ1v) is 14.5. The van der Waals surface area contributed by atoms with Crippen LogP contribution in [0, 0.1) is 0 Å². The van der Waals surface area contributed by atoms with Crippen molar-refractivity contribution in [3.63, 3.8) is 0 Å². The normalized spacial score (nSPS) is 16.2. The van der Waals surface area contributed by atoms with Crippen LogP contribution < -0.4 is 20.4 Å². The highest BCUT2D eigenvalue weighted by Crippen LogP contribution is 2.29. The molecule has 2 aromatic carbocycles. The van der Waals surface area contributed by atoms with Crippen LogP contribution in [-0.2, 0) is 19.1 Å². The van der Waals surface area contributed by atoms with E-state index in [2.05, 4.69) is 5.32 Å². The zero-order valence-corrected chi connectivity index (χ0v) is 25.0. The Balaban J connectivity index is 1.52. The Hall–Kier alpha value is -5.34. The third-order valence-electron chi connectivity index (χ3n) is 6.73. The summed E-state index contributed by atoms with van der Waals surface area (Å²) in [4.78, 5) is 51.7. The first-order chi connectivity index (χ1) is 22.3. The molecule has 0 aliphatic carbocycles. The molecular formula is C32H35N3O11. The monoisotopic (exact) mass is 637 g/mol. The fourth-order valence-corrected chi connectivity index (χ4v) is 4.51. The fraction of sp³-hybridized carbons (Fsp3) is 0.312. The van der Waals surface area contributed by atoms with Crippen molar-refractivity contribution in [1.82, 2.24) is 15.1 Å². The molecule has 0 saturated heterocycles. The molecule has 4 rings (SSSR count). The summed E-state index contributed by atoms with van der Waals surface area (Å²) in [5.41, 5.74) is -0.279. The molecule has 0 amide bonds. The van der Waals surface area contributed by atoms with Gasteiger partial charge in [0.05, 0.1) is 13.1 Å². The Morgan fingerprint density at radius 3 is 2.43 bits per heavy atom. The van der Waals surface area contributed by atoms with Gasteiger partial charge in [-0.15, -0.1) is 0 Å². The summed E-state index contributed by atoms with van der Waals surface area (Å²) in [7, 11) is 0. The van der Waals surface area contributed by atoms with E-state index in [4.69, 9.17) is 23.4 Å². The molecule has 0 saturated carbocycles. The highest BCUT2D eigenvalue weighted by molar-refractivity contribution is 6.10. The van der Waals surface area contributed by atoms with Crippen LogP contribution in [0.4, 0.5) is 0 Å². The smallest absolute Gasteiger partial charge is 0.347 e. The van der Waals surface area contributed by atoms with Crippen LogP contribution in [0.3, 0.4) is 0 Å². The number of ketones is 1. The van der Waals surface area contributed by atoms with Crippen molar-refractivity contribution in [1.29, 1.82) is 0 Å². The zero-order chi connectivity index (χ0) is 32.7. The number of nitrogens with one attached hydrogen (secondary N) is 1. The second-order valence-electron chi connectivity index (χ2n) is 10.0. The van der Waals surface area contributed by atoms with Gasteiger partial charge >= 0.3 is 17.6 Å². The molecule has 14 heteroatoms. The van der Waals surface area contributed by atoms with E-state index >= 15 is 0 Å². The maximum atomic E-state index is 13.4. The van der Waals surface area contributed by atoms with E-state index < -0.39 is 36.4 Å². The second kappa shape index (κ2) is 17.2. The van der Waals surface area contributed by atoms with Gasteiger partial charge in [0.1, 0.15) is 49.8 Å². The lowest BCUT2D eigenvalue weighted by atomic mass is 10.0. The molecule has 46 heavy (non-hydrogen) atoms. The van der Waals surface area contributed by atoms with E-state index in [1.807, 2.05) is 4.90 Å². The van der Waals surface area contributed by atoms with E-state index in [1.165, 1.54) is 41.9 Å². The van der Waals surface area contributed by atoms with Crippen molar-refractivity contribution in [3.05, 3.63) is 95.1 Å². The highest BCUT2D eigenvalue weighted by Gasteiger charge is 2.19. The van der Waals surface area contributed by atoms with Crippen molar-refractivity contribution in [3.8, 4) is 11.5 Å². The minimum Gasteiger partial charge on any atom is -0.497 e. The summed E-state index contributed by atoms with van der Waals surface area (Å²) in [5.74, 6) is -2.14. The van der Waals surface area contributed by atoms with Gasteiger partial charge in [-0.05, 0) is 30.3 Å². The molecule has 0 unspecified atom stereocenters. The number of nitrogens with zero attached hydrogens (tertiary/aromatic N) is 2. The van der Waals surface area contributed by atoms with Gasteiger partial charge in [-0.1, -0.05) is 18.2 Å². The Morgan fingerprint density at radius 1 is 0.870 bits per heavy atom. The Bertz CT molecular complexity index is 1600. The largest absolute Gasteiger partial charge is 0.497 e. The third kappa shape index (κ3) is 10.4. The lowest BCUT2D eigenvalue weighted by Crippen LogP contribution is -2.42. The Labute approximate surface area is 264 Å². The van der Waals surface area contributed by atoms with Crippen LogP contribution in [0.15, 0.2) is 82.7 Å². The van der Waals surface area contributed by atoms with Crippen molar-refractivity contribution in [2.75, 3.05) is 65.6 Å². The van der Waals surface area contributed by atoms with E-state index in [0.29, 0.717) is 42.9 Å². The lowest BCUT2D eigenvalue weighted by molar-refractivity contribution is -0.141. The molecule has 1 aliphatic rings. The molecule has 0 bridgehead atoms. The van der Waals surface area contributed by atoms with Crippen LogP contribution in [0.5, 0.6) is 11.5 Å². The lowest BCUT2D eigenvalue weighted by Gasteiger charge is -2.26. The zero-order valence-electron chi connectivity index (χ0n) is 25.0. The van der Waals surface area contributed by atoms with Crippen LogP contribution in [0.1, 0.15) is 15.9 Å². The number of ether oxygens (including phenoxy) is 4. The van der Waals surface area contributed by atoms with Gasteiger partial charge in [0.2, 0.25) is 5.78 Å². The number of hydrogen-bond donors (Lipinski definition) is 3. The first-order valence-electron chi connectivity index (χ1n) is 14.5. The molecule has 2 heterocycles. The number of aliphatic carboxylic acids is 2. The summed E-state index contributed by atoms with van der Waals surface area (Å²) in [5, 5.41) is 22.0. The average Bonchev–Trinajstić information content (AvgIpc) is 3.02. The predicted octanol–water partition coefficient (Wildman–Crippen LogP) is 2.13. The number of carbonyl (C=O) groups is 3. The molecule has 14 nitrogen and oxygen atoms in total. The molecule has 244 valence electrons. The van der Waals surface area contributed by atoms with Crippen LogP contribution in [0.25, 0.3) is 11.0 Å². The van der Waals surface area contributed by atoms with Gasteiger partial charge in [0.25, 0.3) is 0 Å². The van der Waals surface area contributed by atoms with Gasteiger partial charge < -0.3 is 38.9 Å². The average molecular weight is 638 g/mol. The van der Waals surface area contributed by atoms with E-state index in [0.717, 1.165) is 0 Å². The van der Waals surface area contributed by atoms with Crippen molar-refractivity contribution in [2.45, 2.75) is 0 Å². The van der Waals surface area contributed by atoms with E-state index in [-0.39, 0.29) is 43.2 Å². The van der Waals surface area contributed by atoms with Crippen molar-refractivity contribution < 1.29 is 48.0 Å². The SMILES string of the molecule is O=C(O)CN(CCN1CCO/C=C\O/C=C\NCCOc2cc(C(=O)c3cc4ccccc4oc3=O)ccc2OCC1)CC(=O)O. The maximum Gasteiger partial charge on any atom is 0.347 e. The molecule has 3 aromatic rings. The van der Waals surface area contributed by atoms with Crippen LogP contribution in [0.2, 0.25) is 0 Å². The summed E-state index contributed by atoms with van der Waals surface area (Å²) >= 11 is 0. The molecule has 3 N–H and O–H groups in total. The summed E-state index contributed by atoms with van der Waals surface area (Å²) in [6, 6.07) is 13.1. The number of para-hydroxylation sites is 1. The summed E-state index contributed by atoms with van der Waals surface area (Å²) < 4.78 is 28.1. The number of benzene rings is 2. The summed E-state index contributed by atoms with van der Waals surface area (Å²) in [6.07, 6.45) is 5.74. The minimum absolute atomic E-state index is 0.113. The maximum absolute atomic E-state index is 13.4. The van der Waals surface area contributed by atoms with Crippen LogP contribution in [-0.4, -0.2) is 103 Å². The molecule has 0 radical (unpaired) electrons. The number of fused-ring (bicyclic) bond motifs is 2. The standard InChI is InChI=1S/C32H35N3O11/c36-29(37)21-35(22-30(38)39)10-9-34-11-15-43-18-17-42-13-7-33-8-14-44-28-20-24(5-6-27(28)45-16-12-34)31(40)25-19-23-3-1-2-4-26(23)46-32(25)41/h1-7,13,17-20,33H,8-12,14-16,21-22H2,(H,36,37)(H,38,39)/b13-7-,18-17-. The van der Waals surface area contributed by atoms with E-state index in [9.17, 15) is 29.4 Å². The Kier molecular flexibility index (Phi) is 12.6. The highest BCUT2D eigenvalue weighted by atomic mass is 16.5. The van der Waals surface area contributed by atoms with Gasteiger partial charge in [0, 0.05) is 49.9 Å². The predicted molar refractivity (Wildman–Crippen MR) is 165 cm³/mol. The van der Waals surface area contributed by atoms with Gasteiger partial charge in [-0.2, -0.15) is 0 Å². The number of carboxylic acid groups (broad SMARTS) is 2. The minimum atomic E-state index is -1.13. The topological polar surface area (TPSA) is 177 Å². The van der Waals surface area contributed by atoms with Gasteiger partial charge in [-0.3, -0.25) is 24.2 Å². The van der Waals surface area contributed by atoms with Crippen LogP contribution >= 0.6 is 0 Å². The second-order valence-corrected chi connectivity index (χ2v) is 10.0. The van der Waals surface area contributed by atoms with E-state index in [1.54, 1.807) is 36.5 Å². The molecule has 0 spiro atoms. The number of carbonyl (C=O) groups excluding carboxylic acids is 1.